The van der Waals surface area contributed by atoms with Crippen LogP contribution in [0, 0.1) is 0 Å². The van der Waals surface area contributed by atoms with Crippen LogP contribution in [0.15, 0.2) is 0 Å². The summed E-state index contributed by atoms with van der Waals surface area (Å²) in [6.45, 7) is 6.77. The molecule has 0 fully saturated rings. The monoisotopic (exact) mass is 309 g/mol. The fraction of sp³-hybridized carbons (Fsp3) is 0.917. The first-order chi connectivity index (χ1) is 8.92. The number of hydrogen-bond acceptors (Lipinski definition) is 5. The third-order valence-electron chi connectivity index (χ3n) is 2.30. The van der Waals surface area contributed by atoms with E-state index in [1.165, 1.54) is 4.31 Å². The Morgan fingerprint density at radius 3 is 2.10 bits per heavy atom. The van der Waals surface area contributed by atoms with Crippen LogP contribution in [-0.4, -0.2) is 75.8 Å². The first-order valence-electron chi connectivity index (χ1n) is 6.48. The topological polar surface area (TPSA) is 79.0 Å². The van der Waals surface area contributed by atoms with Gasteiger partial charge in [0.2, 0.25) is 10.0 Å². The number of rotatable bonds is 7. The molecule has 20 heavy (non-hydrogen) atoms. The third kappa shape index (κ3) is 9.99. The summed E-state index contributed by atoms with van der Waals surface area (Å²) in [7, 11) is 0.470. The zero-order chi connectivity index (χ0) is 16.0. The van der Waals surface area contributed by atoms with Crippen molar-refractivity contribution in [1.82, 2.24) is 14.5 Å². The molecule has 0 aliphatic rings. The predicted molar refractivity (Wildman–Crippen MR) is 79.2 cm³/mol. The Hall–Kier alpha value is -0.860. The Morgan fingerprint density at radius 1 is 1.15 bits per heavy atom. The second-order valence-electron chi connectivity index (χ2n) is 5.89. The van der Waals surface area contributed by atoms with Gasteiger partial charge in [-0.15, -0.1) is 0 Å². The maximum atomic E-state index is 11.6. The highest BCUT2D eigenvalue weighted by molar-refractivity contribution is 7.88. The summed E-state index contributed by atoms with van der Waals surface area (Å²) in [6.07, 6.45) is 0.620. The molecule has 0 aliphatic heterocycles. The van der Waals surface area contributed by atoms with Gasteiger partial charge in [-0.3, -0.25) is 0 Å². The zero-order valence-corrected chi connectivity index (χ0v) is 14.1. The Labute approximate surface area is 122 Å². The van der Waals surface area contributed by atoms with Gasteiger partial charge in [0.1, 0.15) is 5.60 Å². The van der Waals surface area contributed by atoms with Crippen molar-refractivity contribution in [3.05, 3.63) is 0 Å². The van der Waals surface area contributed by atoms with Crippen LogP contribution >= 0.6 is 0 Å². The second kappa shape index (κ2) is 7.80. The van der Waals surface area contributed by atoms with Crippen molar-refractivity contribution in [2.24, 2.45) is 0 Å². The average molecular weight is 309 g/mol. The maximum Gasteiger partial charge on any atom is 0.407 e. The molecule has 0 aromatic heterocycles. The molecule has 8 heteroatoms. The third-order valence-corrected chi connectivity index (χ3v) is 3.60. The van der Waals surface area contributed by atoms with E-state index in [9.17, 15) is 13.2 Å². The molecule has 120 valence electrons. The number of sulfonamides is 1. The van der Waals surface area contributed by atoms with E-state index in [1.807, 2.05) is 19.0 Å². The Kier molecular flexibility index (Phi) is 7.46. The van der Waals surface area contributed by atoms with Crippen LogP contribution in [-0.2, 0) is 14.8 Å². The fourth-order valence-corrected chi connectivity index (χ4v) is 2.19. The van der Waals surface area contributed by atoms with Gasteiger partial charge in [0, 0.05) is 26.2 Å². The van der Waals surface area contributed by atoms with Crippen molar-refractivity contribution in [2.45, 2.75) is 26.4 Å². The number of carbonyl (C=O) groups excluding carboxylic acids is 1. The smallest absolute Gasteiger partial charge is 0.407 e. The van der Waals surface area contributed by atoms with Crippen LogP contribution in [0.25, 0.3) is 0 Å². The summed E-state index contributed by atoms with van der Waals surface area (Å²) in [4.78, 5) is 13.3. The van der Waals surface area contributed by atoms with Gasteiger partial charge < -0.3 is 15.0 Å². The number of likely N-dealkylation sites (N-methyl/N-ethyl adjacent to an activating group) is 1. The van der Waals surface area contributed by atoms with Crippen molar-refractivity contribution in [3.63, 3.8) is 0 Å². The molecule has 0 aliphatic carbocycles. The van der Waals surface area contributed by atoms with Crippen LogP contribution in [0.3, 0.4) is 0 Å². The quantitative estimate of drug-likeness (QED) is 0.733. The van der Waals surface area contributed by atoms with E-state index in [1.54, 1.807) is 20.8 Å². The maximum absolute atomic E-state index is 11.6. The van der Waals surface area contributed by atoms with Crippen molar-refractivity contribution < 1.29 is 17.9 Å². The van der Waals surface area contributed by atoms with Gasteiger partial charge in [-0.2, -0.15) is 4.31 Å². The first kappa shape index (κ1) is 19.1. The molecule has 7 nitrogen and oxygen atoms in total. The molecule has 0 saturated carbocycles. The lowest BCUT2D eigenvalue weighted by molar-refractivity contribution is 0.0525. The standard InChI is InChI=1S/C12H27N3O4S/c1-12(2,3)19-11(16)13-7-8-15(20(6,17)18)10-9-14(4)5/h7-10H2,1-6H3,(H,13,16). The minimum absolute atomic E-state index is 0.218. The molecule has 0 aromatic carbocycles. The molecular formula is C12H27N3O4S. The highest BCUT2D eigenvalue weighted by Gasteiger charge is 2.18. The molecule has 0 spiro atoms. The van der Waals surface area contributed by atoms with E-state index >= 15 is 0 Å². The Bertz CT molecular complexity index is 401. The van der Waals surface area contributed by atoms with E-state index in [-0.39, 0.29) is 13.1 Å². The van der Waals surface area contributed by atoms with E-state index in [0.717, 1.165) is 6.26 Å². The van der Waals surface area contributed by atoms with Crippen molar-refractivity contribution in [2.75, 3.05) is 46.5 Å². The van der Waals surface area contributed by atoms with Gasteiger partial charge in [0.25, 0.3) is 0 Å². The number of carbonyl (C=O) groups is 1. The molecule has 0 rings (SSSR count). The highest BCUT2D eigenvalue weighted by atomic mass is 32.2. The second-order valence-corrected chi connectivity index (χ2v) is 7.88. The Balaban J connectivity index is 4.25. The molecule has 0 unspecified atom stereocenters. The molecule has 0 aromatic rings. The zero-order valence-electron chi connectivity index (χ0n) is 13.3. The van der Waals surface area contributed by atoms with Gasteiger partial charge in [0.15, 0.2) is 0 Å². The van der Waals surface area contributed by atoms with E-state index in [2.05, 4.69) is 5.32 Å². The van der Waals surface area contributed by atoms with Crippen LogP contribution in [0.4, 0.5) is 4.79 Å². The average Bonchev–Trinajstić information content (AvgIpc) is 2.17. The summed E-state index contributed by atoms with van der Waals surface area (Å²) in [5.74, 6) is 0. The van der Waals surface area contributed by atoms with Crippen molar-refractivity contribution in [3.8, 4) is 0 Å². The fourth-order valence-electron chi connectivity index (χ4n) is 1.35. The number of alkyl carbamates (subject to hydrolysis) is 1. The van der Waals surface area contributed by atoms with E-state index < -0.39 is 21.7 Å². The minimum atomic E-state index is -3.28. The van der Waals surface area contributed by atoms with Gasteiger partial charge in [0.05, 0.1) is 6.26 Å². The van der Waals surface area contributed by atoms with E-state index in [0.29, 0.717) is 13.1 Å². The molecule has 0 bridgehead atoms. The lowest BCUT2D eigenvalue weighted by Gasteiger charge is -2.23. The largest absolute Gasteiger partial charge is 0.444 e. The molecule has 0 saturated heterocycles. The summed E-state index contributed by atoms with van der Waals surface area (Å²) in [6, 6.07) is 0. The predicted octanol–water partition coefficient (Wildman–Crippen LogP) is 0.334. The van der Waals surface area contributed by atoms with Crippen LogP contribution in [0.2, 0.25) is 0 Å². The first-order valence-corrected chi connectivity index (χ1v) is 8.33. The summed E-state index contributed by atoms with van der Waals surface area (Å²) >= 11 is 0. The lowest BCUT2D eigenvalue weighted by Crippen LogP contribution is -2.42. The molecular weight excluding hydrogens is 282 g/mol. The molecule has 1 amide bonds. The summed E-state index contributed by atoms with van der Waals surface area (Å²) in [5, 5.41) is 2.55. The van der Waals surface area contributed by atoms with Gasteiger partial charge in [-0.05, 0) is 34.9 Å². The number of nitrogens with zero attached hydrogens (tertiary/aromatic N) is 2. The van der Waals surface area contributed by atoms with Crippen molar-refractivity contribution >= 4 is 16.1 Å². The number of amides is 1. The van der Waals surface area contributed by atoms with Gasteiger partial charge in [-0.25, -0.2) is 13.2 Å². The van der Waals surface area contributed by atoms with Gasteiger partial charge >= 0.3 is 6.09 Å². The lowest BCUT2D eigenvalue weighted by atomic mass is 10.2. The van der Waals surface area contributed by atoms with Crippen molar-refractivity contribution in [1.29, 1.82) is 0 Å². The van der Waals surface area contributed by atoms with Crippen LogP contribution in [0.1, 0.15) is 20.8 Å². The van der Waals surface area contributed by atoms with E-state index in [4.69, 9.17) is 4.74 Å². The Morgan fingerprint density at radius 2 is 1.70 bits per heavy atom. The number of ether oxygens (including phenoxy) is 1. The summed E-state index contributed by atoms with van der Waals surface area (Å²) in [5.41, 5.74) is -0.564. The summed E-state index contributed by atoms with van der Waals surface area (Å²) < 4.78 is 29.6. The minimum Gasteiger partial charge on any atom is -0.444 e. The van der Waals surface area contributed by atoms with Crippen LogP contribution < -0.4 is 5.32 Å². The highest BCUT2D eigenvalue weighted by Crippen LogP contribution is 2.06. The van der Waals surface area contributed by atoms with Crippen LogP contribution in [0.5, 0.6) is 0 Å². The molecule has 0 atom stereocenters. The normalized spacial score (nSPS) is 12.8. The molecule has 1 N–H and O–H groups in total. The number of nitrogens with one attached hydrogen (secondary N) is 1. The SMILES string of the molecule is CN(C)CCN(CCNC(=O)OC(C)(C)C)S(C)(=O)=O. The molecule has 0 radical (unpaired) electrons. The number of hydrogen-bond donors (Lipinski definition) is 1. The molecule has 0 heterocycles. The van der Waals surface area contributed by atoms with Gasteiger partial charge in [-0.1, -0.05) is 0 Å².